The van der Waals surface area contributed by atoms with Crippen molar-refractivity contribution in [2.45, 2.75) is 0 Å². The molecule has 0 fully saturated rings. The molecule has 0 spiro atoms. The molecule has 0 aliphatic carbocycles. The predicted molar refractivity (Wildman–Crippen MR) is 66.6 cm³/mol. The summed E-state index contributed by atoms with van der Waals surface area (Å²) in [7, 11) is -0.0405. The van der Waals surface area contributed by atoms with Gasteiger partial charge in [-0.1, -0.05) is 30.3 Å². The van der Waals surface area contributed by atoms with Crippen LogP contribution in [0.5, 0.6) is 0 Å². The fraction of sp³-hybridized carbons (Fsp3) is 0. The molecule has 0 saturated heterocycles. The van der Waals surface area contributed by atoms with Gasteiger partial charge in [0.05, 0.1) is 5.69 Å². The number of H-pyrrole nitrogens is 1. The largest absolute Gasteiger partial charge is 0.333 e. The lowest BCUT2D eigenvalue weighted by atomic mass is 10.1. The van der Waals surface area contributed by atoms with Crippen molar-refractivity contribution in [1.82, 2.24) is 15.0 Å². The molecule has 0 bridgehead atoms. The maximum absolute atomic E-state index is 10.8. The summed E-state index contributed by atoms with van der Waals surface area (Å²) < 4.78 is 10.8. The molecule has 0 amide bonds. The predicted octanol–water partition coefficient (Wildman–Crippen LogP) is 2.54. The molecule has 3 rings (SSSR count). The normalized spacial score (nSPS) is 11.1. The molecule has 4 nitrogen and oxygen atoms in total. The van der Waals surface area contributed by atoms with Gasteiger partial charge in [-0.25, -0.2) is 9.97 Å². The minimum absolute atomic E-state index is 0.0405. The third-order valence-electron chi connectivity index (χ3n) is 2.56. The number of benzene rings is 1. The molecule has 5 heteroatoms. The third kappa shape index (κ3) is 1.73. The van der Waals surface area contributed by atoms with Gasteiger partial charge in [0.2, 0.25) is 8.46 Å². The molecule has 0 radical (unpaired) electrons. The van der Waals surface area contributed by atoms with Gasteiger partial charge in [0.25, 0.3) is 0 Å². The molecule has 3 aromatic rings. The molecule has 1 aromatic carbocycles. The Morgan fingerprint density at radius 3 is 2.71 bits per heavy atom. The zero-order valence-corrected chi connectivity index (χ0v) is 9.69. The molecule has 82 valence electrons. The number of rotatable bonds is 2. The van der Waals surface area contributed by atoms with Gasteiger partial charge in [-0.3, -0.25) is 4.57 Å². The van der Waals surface area contributed by atoms with Crippen molar-refractivity contribution >= 4 is 24.9 Å². The Kier molecular flexibility index (Phi) is 2.42. The van der Waals surface area contributed by atoms with Crippen molar-refractivity contribution in [2.24, 2.45) is 0 Å². The van der Waals surface area contributed by atoms with Crippen LogP contribution < -0.4 is 5.44 Å². The highest BCUT2D eigenvalue weighted by atomic mass is 31.1. The molecule has 17 heavy (non-hydrogen) atoms. The number of nitrogens with zero attached hydrogens (tertiary/aromatic N) is 2. The molecule has 0 unspecified atom stereocenters. The lowest BCUT2D eigenvalue weighted by Crippen LogP contribution is -1.88. The second-order valence-electron chi connectivity index (χ2n) is 3.60. The van der Waals surface area contributed by atoms with E-state index in [1.807, 2.05) is 36.4 Å². The Labute approximate surface area is 98.9 Å². The van der Waals surface area contributed by atoms with Crippen molar-refractivity contribution in [3.63, 3.8) is 0 Å². The smallest absolute Gasteiger partial charge is 0.210 e. The number of hydrogen-bond donors (Lipinski definition) is 1. The van der Waals surface area contributed by atoms with Gasteiger partial charge in [0.1, 0.15) is 17.4 Å². The summed E-state index contributed by atoms with van der Waals surface area (Å²) in [5, 5.41) is 0.886. The molecule has 0 aliphatic heterocycles. The van der Waals surface area contributed by atoms with E-state index in [1.165, 1.54) is 6.33 Å². The monoisotopic (exact) mass is 241 g/mol. The van der Waals surface area contributed by atoms with Crippen molar-refractivity contribution < 1.29 is 4.57 Å². The second-order valence-corrected chi connectivity index (χ2v) is 4.26. The Morgan fingerprint density at radius 2 is 1.94 bits per heavy atom. The van der Waals surface area contributed by atoms with Crippen molar-refractivity contribution in [3.8, 4) is 11.3 Å². The highest BCUT2D eigenvalue weighted by Crippen LogP contribution is 2.24. The second kappa shape index (κ2) is 4.07. The number of aromatic amines is 1. The van der Waals surface area contributed by atoms with Crippen LogP contribution in [-0.4, -0.2) is 15.0 Å². The Morgan fingerprint density at radius 1 is 1.12 bits per heavy atom. The van der Waals surface area contributed by atoms with Crippen LogP contribution >= 0.6 is 8.46 Å². The van der Waals surface area contributed by atoms with Crippen LogP contribution in [0.3, 0.4) is 0 Å². The lowest BCUT2D eigenvalue weighted by Gasteiger charge is -2.00. The van der Waals surface area contributed by atoms with E-state index in [9.17, 15) is 4.57 Å². The fourth-order valence-corrected chi connectivity index (χ4v) is 2.13. The minimum atomic E-state index is -0.0405. The van der Waals surface area contributed by atoms with Gasteiger partial charge in [-0.05, 0) is 6.07 Å². The topological polar surface area (TPSA) is 58.6 Å². The maximum Gasteiger partial charge on any atom is 0.210 e. The van der Waals surface area contributed by atoms with Crippen molar-refractivity contribution in [2.75, 3.05) is 0 Å². The standard InChI is InChI=1S/C12H8N3OP/c16-17-10-6-9-11(8-4-2-1-3-5-8)13-7-14-12(9)15-10/h1-7H,(H,13,14,15). The van der Waals surface area contributed by atoms with Crippen LogP contribution in [0, 0.1) is 0 Å². The fourth-order valence-electron chi connectivity index (χ4n) is 1.80. The average molecular weight is 241 g/mol. The van der Waals surface area contributed by atoms with Crippen LogP contribution in [-0.2, 0) is 4.57 Å². The van der Waals surface area contributed by atoms with Crippen LogP contribution in [0.4, 0.5) is 0 Å². The summed E-state index contributed by atoms with van der Waals surface area (Å²) in [6.07, 6.45) is 1.51. The first-order valence-electron chi connectivity index (χ1n) is 5.11. The third-order valence-corrected chi connectivity index (χ3v) is 2.99. The van der Waals surface area contributed by atoms with Gasteiger partial charge in [0, 0.05) is 10.9 Å². The van der Waals surface area contributed by atoms with Gasteiger partial charge >= 0.3 is 0 Å². The van der Waals surface area contributed by atoms with Gasteiger partial charge in [0.15, 0.2) is 0 Å². The van der Waals surface area contributed by atoms with E-state index >= 15 is 0 Å². The van der Waals surface area contributed by atoms with Gasteiger partial charge in [-0.2, -0.15) is 0 Å². The van der Waals surface area contributed by atoms with E-state index in [2.05, 4.69) is 15.0 Å². The Bertz CT molecular complexity index is 679. The molecule has 0 atom stereocenters. The van der Waals surface area contributed by atoms with Crippen molar-refractivity contribution in [1.29, 1.82) is 0 Å². The van der Waals surface area contributed by atoms with E-state index in [0.29, 0.717) is 11.1 Å². The highest BCUT2D eigenvalue weighted by molar-refractivity contribution is 7.33. The summed E-state index contributed by atoms with van der Waals surface area (Å²) in [5.74, 6) is 0. The van der Waals surface area contributed by atoms with Gasteiger partial charge < -0.3 is 4.98 Å². The van der Waals surface area contributed by atoms with Crippen LogP contribution in [0.25, 0.3) is 22.3 Å². The first-order chi connectivity index (χ1) is 8.38. The van der Waals surface area contributed by atoms with Crippen LogP contribution in [0.15, 0.2) is 42.7 Å². The molecule has 0 aliphatic rings. The zero-order chi connectivity index (χ0) is 11.7. The first-order valence-corrected chi connectivity index (χ1v) is 5.92. The summed E-state index contributed by atoms with van der Waals surface area (Å²) in [6.45, 7) is 0. The quantitative estimate of drug-likeness (QED) is 0.701. The summed E-state index contributed by atoms with van der Waals surface area (Å²) in [4.78, 5) is 11.4. The average Bonchev–Trinajstić information content (AvgIpc) is 2.82. The van der Waals surface area contributed by atoms with E-state index in [1.54, 1.807) is 0 Å². The first kappa shape index (κ1) is 10.1. The number of hydrogen-bond acceptors (Lipinski definition) is 3. The summed E-state index contributed by atoms with van der Waals surface area (Å²) in [5.41, 5.74) is 3.18. The Hall–Kier alpha value is -2.06. The van der Waals surface area contributed by atoms with Gasteiger partial charge in [-0.15, -0.1) is 0 Å². The van der Waals surface area contributed by atoms with E-state index in [4.69, 9.17) is 0 Å². The maximum atomic E-state index is 10.8. The zero-order valence-electron chi connectivity index (χ0n) is 8.79. The number of aromatic nitrogens is 3. The highest BCUT2D eigenvalue weighted by Gasteiger charge is 2.09. The van der Waals surface area contributed by atoms with Crippen LogP contribution in [0.1, 0.15) is 0 Å². The molecule has 1 N–H and O–H groups in total. The molecule has 2 heterocycles. The molecule has 0 saturated carbocycles. The molecule has 2 aromatic heterocycles. The van der Waals surface area contributed by atoms with E-state index < -0.39 is 0 Å². The van der Waals surface area contributed by atoms with Crippen LogP contribution in [0.2, 0.25) is 0 Å². The number of nitrogens with one attached hydrogen (secondary N) is 1. The van der Waals surface area contributed by atoms with E-state index in [0.717, 1.165) is 16.6 Å². The SMILES string of the molecule is O=Pc1cc2c(-c3ccccc3)ncnc2[nH]1. The summed E-state index contributed by atoms with van der Waals surface area (Å²) >= 11 is 0. The molecular weight excluding hydrogens is 233 g/mol. The Balaban J connectivity index is 2.29. The number of fused-ring (bicyclic) bond motifs is 1. The molecular formula is C12H8N3OP. The minimum Gasteiger partial charge on any atom is -0.333 e. The van der Waals surface area contributed by atoms with E-state index in [-0.39, 0.29) is 8.46 Å². The summed E-state index contributed by atoms with van der Waals surface area (Å²) in [6, 6.07) is 11.7. The lowest BCUT2D eigenvalue weighted by molar-refractivity contribution is 0.602. The van der Waals surface area contributed by atoms with Crippen molar-refractivity contribution in [3.05, 3.63) is 42.7 Å².